The van der Waals surface area contributed by atoms with Gasteiger partial charge in [0.2, 0.25) is 0 Å². The van der Waals surface area contributed by atoms with E-state index in [9.17, 15) is 9.59 Å². The van der Waals surface area contributed by atoms with E-state index in [2.05, 4.69) is 0 Å². The number of carboxylic acid groups (broad SMARTS) is 2. The molecule has 0 radical (unpaired) electrons. The molecule has 0 aromatic carbocycles. The first-order valence-corrected chi connectivity index (χ1v) is 7.54. The van der Waals surface area contributed by atoms with Crippen molar-refractivity contribution in [2.45, 2.75) is 49.0 Å². The van der Waals surface area contributed by atoms with Crippen LogP contribution in [-0.2, 0) is 9.59 Å². The van der Waals surface area contributed by atoms with Crippen molar-refractivity contribution in [1.82, 2.24) is 0 Å². The van der Waals surface area contributed by atoms with Crippen molar-refractivity contribution in [3.05, 3.63) is 0 Å². The van der Waals surface area contributed by atoms with Crippen LogP contribution in [-0.4, -0.2) is 26.2 Å². The van der Waals surface area contributed by atoms with E-state index in [-0.39, 0.29) is 6.42 Å². The average molecular weight is 264 g/mol. The molecule has 0 bridgehead atoms. The predicted molar refractivity (Wildman–Crippen MR) is 65.5 cm³/mol. The summed E-state index contributed by atoms with van der Waals surface area (Å²) in [5.41, 5.74) is 0. The number of unbranched alkanes of at least 4 members (excludes halogenated alkanes) is 4. The van der Waals surface area contributed by atoms with Gasteiger partial charge in [0.1, 0.15) is 0 Å². The summed E-state index contributed by atoms with van der Waals surface area (Å²) < 4.78 is -0.554. The second kappa shape index (κ2) is 6.39. The van der Waals surface area contributed by atoms with Gasteiger partial charge in [0.15, 0.2) is 4.08 Å². The van der Waals surface area contributed by atoms with Crippen LogP contribution in [0.25, 0.3) is 0 Å². The van der Waals surface area contributed by atoms with Crippen molar-refractivity contribution in [3.8, 4) is 0 Å². The molecule has 92 valence electrons. The number of hydrogen-bond acceptors (Lipinski definition) is 4. The summed E-state index contributed by atoms with van der Waals surface area (Å²) in [6, 6.07) is 0. The number of rotatable bonds is 9. The molecular formula is C10H16O4S2. The smallest absolute Gasteiger partial charge is 0.331 e. The van der Waals surface area contributed by atoms with Gasteiger partial charge in [-0.05, 0) is 12.8 Å². The zero-order valence-corrected chi connectivity index (χ0v) is 10.6. The van der Waals surface area contributed by atoms with Crippen LogP contribution in [0.15, 0.2) is 0 Å². The third kappa shape index (κ3) is 4.65. The maximum atomic E-state index is 10.8. The van der Waals surface area contributed by atoms with Gasteiger partial charge in [0.25, 0.3) is 0 Å². The van der Waals surface area contributed by atoms with Crippen LogP contribution in [0.3, 0.4) is 0 Å². The minimum absolute atomic E-state index is 0.241. The minimum Gasteiger partial charge on any atom is -0.481 e. The average Bonchev–Trinajstić information content (AvgIpc) is 2.97. The quantitative estimate of drug-likeness (QED) is 0.379. The molecular weight excluding hydrogens is 248 g/mol. The first-order chi connectivity index (χ1) is 7.57. The first-order valence-electron chi connectivity index (χ1n) is 5.39. The molecule has 6 heteroatoms. The van der Waals surface area contributed by atoms with Gasteiger partial charge in [-0.3, -0.25) is 4.79 Å². The molecule has 2 N–H and O–H groups in total. The topological polar surface area (TPSA) is 74.6 Å². The Bertz CT molecular complexity index is 264. The molecule has 0 amide bonds. The van der Waals surface area contributed by atoms with Crippen molar-refractivity contribution in [1.29, 1.82) is 0 Å². The zero-order chi connectivity index (χ0) is 12.0. The second-order valence-corrected chi connectivity index (χ2v) is 6.87. The van der Waals surface area contributed by atoms with E-state index in [1.165, 1.54) is 21.6 Å². The molecule has 0 saturated carbocycles. The zero-order valence-electron chi connectivity index (χ0n) is 8.98. The highest BCUT2D eigenvalue weighted by molar-refractivity contribution is 8.94. The van der Waals surface area contributed by atoms with Crippen molar-refractivity contribution < 1.29 is 19.8 Å². The van der Waals surface area contributed by atoms with Gasteiger partial charge >= 0.3 is 11.9 Å². The molecule has 0 aromatic heterocycles. The molecule has 0 aliphatic carbocycles. The molecule has 4 nitrogen and oxygen atoms in total. The lowest BCUT2D eigenvalue weighted by molar-refractivity contribution is -0.138. The Morgan fingerprint density at radius 3 is 2.00 bits per heavy atom. The number of hydrogen-bond donors (Lipinski definition) is 2. The normalized spacial score (nSPS) is 17.0. The Kier molecular flexibility index (Phi) is 5.48. The van der Waals surface area contributed by atoms with E-state index in [0.717, 1.165) is 38.5 Å². The third-order valence-corrected chi connectivity index (χ3v) is 5.54. The van der Waals surface area contributed by atoms with E-state index < -0.39 is 16.0 Å². The van der Waals surface area contributed by atoms with Gasteiger partial charge in [-0.25, -0.2) is 4.79 Å². The minimum atomic E-state index is -0.740. The second-order valence-electron chi connectivity index (χ2n) is 3.89. The SMILES string of the molecule is O=C(O)CCCCCCCC1(C(=O)O)SS1. The van der Waals surface area contributed by atoms with Crippen molar-refractivity contribution in [2.24, 2.45) is 0 Å². The molecule has 0 atom stereocenters. The van der Waals surface area contributed by atoms with Crippen LogP contribution in [0.1, 0.15) is 44.9 Å². The summed E-state index contributed by atoms with van der Waals surface area (Å²) in [6.07, 6.45) is 5.52. The Morgan fingerprint density at radius 2 is 1.50 bits per heavy atom. The molecule has 0 aromatic rings. The highest BCUT2D eigenvalue weighted by Crippen LogP contribution is 2.67. The van der Waals surface area contributed by atoms with E-state index in [1.54, 1.807) is 0 Å². The first kappa shape index (κ1) is 13.7. The number of carbonyl (C=O) groups is 2. The molecule has 1 aliphatic rings. The third-order valence-electron chi connectivity index (χ3n) is 2.51. The lowest BCUT2D eigenvalue weighted by Gasteiger charge is -2.05. The molecule has 1 fully saturated rings. The standard InChI is InChI=1S/C10H16O4S2/c11-8(12)6-4-2-1-3-5-7-10(9(13)14)15-16-10/h1-7H2,(H,11,12)(H,13,14). The summed E-state index contributed by atoms with van der Waals surface area (Å²) in [7, 11) is 2.87. The number of carboxylic acids is 2. The lowest BCUT2D eigenvalue weighted by atomic mass is 10.1. The van der Waals surface area contributed by atoms with Crippen LogP contribution < -0.4 is 0 Å². The molecule has 0 unspecified atom stereocenters. The van der Waals surface area contributed by atoms with Crippen molar-refractivity contribution >= 4 is 33.5 Å². The van der Waals surface area contributed by atoms with E-state index in [4.69, 9.17) is 10.2 Å². The molecule has 1 saturated heterocycles. The largest absolute Gasteiger partial charge is 0.481 e. The lowest BCUT2D eigenvalue weighted by Crippen LogP contribution is -2.18. The molecule has 1 heterocycles. The van der Waals surface area contributed by atoms with Crippen molar-refractivity contribution in [2.75, 3.05) is 0 Å². The van der Waals surface area contributed by atoms with Gasteiger partial charge in [0.05, 0.1) is 0 Å². The van der Waals surface area contributed by atoms with Gasteiger partial charge < -0.3 is 10.2 Å². The summed E-state index contributed by atoms with van der Waals surface area (Å²) in [6.45, 7) is 0. The van der Waals surface area contributed by atoms with Crippen LogP contribution in [0.2, 0.25) is 0 Å². The maximum absolute atomic E-state index is 10.8. The van der Waals surface area contributed by atoms with Crippen LogP contribution in [0.5, 0.6) is 0 Å². The van der Waals surface area contributed by atoms with Crippen LogP contribution >= 0.6 is 21.6 Å². The fraction of sp³-hybridized carbons (Fsp3) is 0.800. The fourth-order valence-electron chi connectivity index (χ4n) is 1.48. The van der Waals surface area contributed by atoms with Crippen LogP contribution in [0, 0.1) is 0 Å². The predicted octanol–water partition coefficient (Wildman–Crippen LogP) is 2.98. The van der Waals surface area contributed by atoms with E-state index in [1.807, 2.05) is 0 Å². The Morgan fingerprint density at radius 1 is 0.938 bits per heavy atom. The van der Waals surface area contributed by atoms with E-state index >= 15 is 0 Å². The summed E-state index contributed by atoms with van der Waals surface area (Å²) in [5.74, 6) is -1.45. The summed E-state index contributed by atoms with van der Waals surface area (Å²) in [4.78, 5) is 21.0. The molecule has 16 heavy (non-hydrogen) atoms. The van der Waals surface area contributed by atoms with Gasteiger partial charge in [-0.1, -0.05) is 47.3 Å². The Labute approximate surface area is 103 Å². The van der Waals surface area contributed by atoms with Gasteiger partial charge in [0, 0.05) is 6.42 Å². The fourth-order valence-corrected chi connectivity index (χ4v) is 3.40. The summed E-state index contributed by atoms with van der Waals surface area (Å²) in [5, 5.41) is 17.3. The highest BCUT2D eigenvalue weighted by atomic mass is 33.2. The molecule has 1 rings (SSSR count). The van der Waals surface area contributed by atoms with Crippen molar-refractivity contribution in [3.63, 3.8) is 0 Å². The van der Waals surface area contributed by atoms with E-state index in [0.29, 0.717) is 0 Å². The maximum Gasteiger partial charge on any atom is 0.331 e. The molecule has 1 aliphatic heterocycles. The highest BCUT2D eigenvalue weighted by Gasteiger charge is 2.53. The summed E-state index contributed by atoms with van der Waals surface area (Å²) >= 11 is 0. The monoisotopic (exact) mass is 264 g/mol. The van der Waals surface area contributed by atoms with Crippen LogP contribution in [0.4, 0.5) is 0 Å². The van der Waals surface area contributed by atoms with Gasteiger partial charge in [-0.15, -0.1) is 0 Å². The van der Waals surface area contributed by atoms with Gasteiger partial charge in [-0.2, -0.15) is 0 Å². The molecule has 0 spiro atoms. The number of aliphatic carboxylic acids is 2. The Hall–Kier alpha value is -0.360. The Balaban J connectivity index is 1.93.